The molecule has 5 heteroatoms. The van der Waals surface area contributed by atoms with Gasteiger partial charge >= 0.3 is 0 Å². The first kappa shape index (κ1) is 17.2. The Kier molecular flexibility index (Phi) is 4.43. The standard InChI is InChI=1S/C22H26N2O2S/c1-13-23-16(12-27-13)11-26-17-5-2-4-14(8-17)22(25)24-21-10-15-9-20(21)19-7-3-6-18(15)19/h2,4-5,8,12,15,18-21H,3,6-7,9-11H2,1H3,(H,24,25). The van der Waals surface area contributed by atoms with Crippen molar-refractivity contribution in [2.24, 2.45) is 23.7 Å². The first-order valence-electron chi connectivity index (χ1n) is 10.1. The molecule has 1 aromatic heterocycles. The molecular weight excluding hydrogens is 356 g/mol. The van der Waals surface area contributed by atoms with E-state index in [1.54, 1.807) is 11.3 Å². The Morgan fingerprint density at radius 1 is 1.26 bits per heavy atom. The minimum Gasteiger partial charge on any atom is -0.487 e. The Balaban J connectivity index is 1.22. The molecule has 3 saturated carbocycles. The van der Waals surface area contributed by atoms with E-state index in [0.717, 1.165) is 34.2 Å². The molecule has 3 aliphatic carbocycles. The first-order valence-corrected chi connectivity index (χ1v) is 11.0. The Hall–Kier alpha value is -1.88. The summed E-state index contributed by atoms with van der Waals surface area (Å²) < 4.78 is 5.84. The van der Waals surface area contributed by atoms with Gasteiger partial charge in [0.05, 0.1) is 10.7 Å². The SMILES string of the molecule is Cc1nc(COc2cccc(C(=O)NC3CC4CC3C3CCCC43)c2)cs1. The number of rotatable bonds is 5. The van der Waals surface area contributed by atoms with Gasteiger partial charge in [0.2, 0.25) is 0 Å². The number of thiazole rings is 1. The van der Waals surface area contributed by atoms with Crippen LogP contribution in [0.4, 0.5) is 0 Å². The molecule has 27 heavy (non-hydrogen) atoms. The zero-order chi connectivity index (χ0) is 18.4. The molecule has 0 aliphatic heterocycles. The summed E-state index contributed by atoms with van der Waals surface area (Å²) in [5.41, 5.74) is 1.62. The summed E-state index contributed by atoms with van der Waals surface area (Å²) in [5.74, 6) is 4.14. The molecule has 3 fully saturated rings. The second-order valence-corrected chi connectivity index (χ2v) is 9.47. The minimum absolute atomic E-state index is 0.0389. The van der Waals surface area contributed by atoms with Crippen molar-refractivity contribution in [1.29, 1.82) is 0 Å². The number of carbonyl (C=O) groups is 1. The maximum Gasteiger partial charge on any atom is 0.251 e. The lowest BCUT2D eigenvalue weighted by Crippen LogP contribution is -2.42. The van der Waals surface area contributed by atoms with Crippen LogP contribution in [0.1, 0.15) is 53.2 Å². The number of nitrogens with one attached hydrogen (secondary N) is 1. The minimum atomic E-state index is 0.0389. The topological polar surface area (TPSA) is 51.2 Å². The van der Waals surface area contributed by atoms with Crippen LogP contribution >= 0.6 is 11.3 Å². The number of carbonyl (C=O) groups excluding carboxylic acids is 1. The smallest absolute Gasteiger partial charge is 0.251 e. The predicted molar refractivity (Wildman–Crippen MR) is 106 cm³/mol. The van der Waals surface area contributed by atoms with Gasteiger partial charge in [0.15, 0.2) is 0 Å². The van der Waals surface area contributed by atoms with Crippen molar-refractivity contribution in [3.8, 4) is 5.75 Å². The lowest BCUT2D eigenvalue weighted by molar-refractivity contribution is 0.0900. The number of hydrogen-bond acceptors (Lipinski definition) is 4. The van der Waals surface area contributed by atoms with Crippen molar-refractivity contribution in [2.45, 2.75) is 51.7 Å². The number of aryl methyl sites for hydroxylation is 1. The third kappa shape index (κ3) is 3.27. The number of nitrogens with zero attached hydrogens (tertiary/aromatic N) is 1. The van der Waals surface area contributed by atoms with Crippen LogP contribution in [-0.2, 0) is 6.61 Å². The molecule has 5 rings (SSSR count). The molecule has 1 aromatic carbocycles. The second kappa shape index (κ2) is 6.93. The van der Waals surface area contributed by atoms with Gasteiger partial charge in [-0.25, -0.2) is 4.98 Å². The summed E-state index contributed by atoms with van der Waals surface area (Å²) in [4.78, 5) is 17.2. The summed E-state index contributed by atoms with van der Waals surface area (Å²) in [7, 11) is 0. The lowest BCUT2D eigenvalue weighted by Gasteiger charge is -2.32. The van der Waals surface area contributed by atoms with Crippen LogP contribution in [0.2, 0.25) is 0 Å². The number of amides is 1. The second-order valence-electron chi connectivity index (χ2n) is 8.41. The number of fused-ring (bicyclic) bond motifs is 5. The highest BCUT2D eigenvalue weighted by Gasteiger charge is 2.54. The van der Waals surface area contributed by atoms with E-state index in [1.807, 2.05) is 36.6 Å². The Bertz CT molecular complexity index is 848. The first-order chi connectivity index (χ1) is 13.2. The van der Waals surface area contributed by atoms with Gasteiger partial charge in [0.1, 0.15) is 12.4 Å². The van der Waals surface area contributed by atoms with Gasteiger partial charge in [-0.05, 0) is 74.5 Å². The van der Waals surface area contributed by atoms with E-state index in [1.165, 1.54) is 32.1 Å². The molecule has 2 bridgehead atoms. The fourth-order valence-electron chi connectivity index (χ4n) is 5.84. The summed E-state index contributed by atoms with van der Waals surface area (Å²) in [6.07, 6.45) is 6.69. The van der Waals surface area contributed by atoms with E-state index >= 15 is 0 Å². The van der Waals surface area contributed by atoms with Crippen LogP contribution in [-0.4, -0.2) is 16.9 Å². The summed E-state index contributed by atoms with van der Waals surface area (Å²) in [5, 5.41) is 6.39. The van der Waals surface area contributed by atoms with E-state index in [4.69, 9.17) is 4.74 Å². The lowest BCUT2D eigenvalue weighted by atomic mass is 9.79. The van der Waals surface area contributed by atoms with Gasteiger partial charge in [0.25, 0.3) is 5.91 Å². The summed E-state index contributed by atoms with van der Waals surface area (Å²) >= 11 is 1.62. The third-order valence-electron chi connectivity index (χ3n) is 6.89. The van der Waals surface area contributed by atoms with Gasteiger partial charge < -0.3 is 10.1 Å². The number of hydrogen-bond donors (Lipinski definition) is 1. The zero-order valence-corrected chi connectivity index (χ0v) is 16.5. The number of ether oxygens (including phenoxy) is 1. The Labute approximate surface area is 164 Å². The molecule has 4 nitrogen and oxygen atoms in total. The highest BCUT2D eigenvalue weighted by Crippen LogP contribution is 2.58. The monoisotopic (exact) mass is 382 g/mol. The maximum atomic E-state index is 12.8. The van der Waals surface area contributed by atoms with E-state index in [2.05, 4.69) is 10.3 Å². The fraction of sp³-hybridized carbons (Fsp3) is 0.545. The molecule has 2 aromatic rings. The largest absolute Gasteiger partial charge is 0.487 e. The number of aromatic nitrogens is 1. The molecule has 0 saturated heterocycles. The van der Waals surface area contributed by atoms with Gasteiger partial charge in [-0.1, -0.05) is 12.5 Å². The van der Waals surface area contributed by atoms with Crippen LogP contribution < -0.4 is 10.1 Å². The van der Waals surface area contributed by atoms with Crippen molar-refractivity contribution in [3.63, 3.8) is 0 Å². The van der Waals surface area contributed by atoms with Gasteiger partial charge in [-0.3, -0.25) is 4.79 Å². The molecule has 5 atom stereocenters. The molecular formula is C22H26N2O2S. The maximum absolute atomic E-state index is 12.8. The van der Waals surface area contributed by atoms with Crippen molar-refractivity contribution >= 4 is 17.2 Å². The van der Waals surface area contributed by atoms with E-state index in [9.17, 15) is 4.79 Å². The molecule has 1 N–H and O–H groups in total. The van der Waals surface area contributed by atoms with Crippen LogP contribution in [0.5, 0.6) is 5.75 Å². The van der Waals surface area contributed by atoms with E-state index < -0.39 is 0 Å². The van der Waals surface area contributed by atoms with Crippen molar-refractivity contribution in [3.05, 3.63) is 45.9 Å². The van der Waals surface area contributed by atoms with Crippen LogP contribution in [0.15, 0.2) is 29.6 Å². The van der Waals surface area contributed by atoms with Gasteiger partial charge in [-0.15, -0.1) is 11.3 Å². The molecule has 1 heterocycles. The van der Waals surface area contributed by atoms with Crippen molar-refractivity contribution in [1.82, 2.24) is 10.3 Å². The van der Waals surface area contributed by atoms with E-state index in [0.29, 0.717) is 24.1 Å². The molecule has 0 spiro atoms. The molecule has 3 aliphatic rings. The zero-order valence-electron chi connectivity index (χ0n) is 15.7. The molecule has 5 unspecified atom stereocenters. The highest BCUT2D eigenvalue weighted by molar-refractivity contribution is 7.09. The predicted octanol–water partition coefficient (Wildman–Crippen LogP) is 4.59. The average molecular weight is 383 g/mol. The molecule has 0 radical (unpaired) electrons. The fourth-order valence-corrected chi connectivity index (χ4v) is 6.44. The summed E-state index contributed by atoms with van der Waals surface area (Å²) in [6.45, 7) is 2.42. The molecule has 142 valence electrons. The van der Waals surface area contributed by atoms with Crippen molar-refractivity contribution < 1.29 is 9.53 Å². The number of benzene rings is 1. The quantitative estimate of drug-likeness (QED) is 0.823. The van der Waals surface area contributed by atoms with Crippen LogP contribution in [0.25, 0.3) is 0 Å². The van der Waals surface area contributed by atoms with Gasteiger partial charge in [0, 0.05) is 17.0 Å². The Morgan fingerprint density at radius 2 is 2.15 bits per heavy atom. The highest BCUT2D eigenvalue weighted by atomic mass is 32.1. The normalized spacial score (nSPS) is 31.1. The van der Waals surface area contributed by atoms with Gasteiger partial charge in [-0.2, -0.15) is 0 Å². The Morgan fingerprint density at radius 3 is 3.00 bits per heavy atom. The van der Waals surface area contributed by atoms with E-state index in [-0.39, 0.29) is 5.91 Å². The van der Waals surface area contributed by atoms with Crippen LogP contribution in [0.3, 0.4) is 0 Å². The van der Waals surface area contributed by atoms with Crippen molar-refractivity contribution in [2.75, 3.05) is 0 Å². The van der Waals surface area contributed by atoms with Crippen LogP contribution in [0, 0.1) is 30.6 Å². The summed E-state index contributed by atoms with van der Waals surface area (Å²) in [6, 6.07) is 7.88. The third-order valence-corrected chi connectivity index (χ3v) is 7.72. The average Bonchev–Trinajstić information content (AvgIpc) is 3.42. The molecule has 1 amide bonds.